The van der Waals surface area contributed by atoms with Crippen LogP contribution < -0.4 is 5.73 Å². The van der Waals surface area contributed by atoms with Gasteiger partial charge >= 0.3 is 0 Å². The molecule has 1 aromatic rings. The largest absolute Gasteiger partial charge is 0.398 e. The van der Waals surface area contributed by atoms with Crippen LogP contribution in [0, 0.1) is 5.82 Å². The van der Waals surface area contributed by atoms with Gasteiger partial charge in [-0.15, -0.1) is 6.58 Å². The number of sulfonamides is 1. The van der Waals surface area contributed by atoms with Gasteiger partial charge in [0.1, 0.15) is 10.7 Å². The molecule has 0 saturated carbocycles. The van der Waals surface area contributed by atoms with E-state index in [0.29, 0.717) is 6.54 Å². The lowest BCUT2D eigenvalue weighted by Gasteiger charge is -2.19. The molecule has 2 N–H and O–H groups in total. The SMILES string of the molecule is C=CCN(CC)S(=O)(=O)c1ccc(F)cc1N. The molecule has 0 unspecified atom stereocenters. The zero-order valence-electron chi connectivity index (χ0n) is 9.56. The van der Waals surface area contributed by atoms with Crippen LogP contribution in [0.5, 0.6) is 0 Å². The Bertz CT molecular complexity index is 514. The first-order chi connectivity index (χ1) is 7.93. The summed E-state index contributed by atoms with van der Waals surface area (Å²) in [5.41, 5.74) is 5.43. The number of likely N-dealkylation sites (N-methyl/N-ethyl adjacent to an activating group) is 1. The summed E-state index contributed by atoms with van der Waals surface area (Å²) in [4.78, 5) is -0.0809. The van der Waals surface area contributed by atoms with E-state index >= 15 is 0 Å². The molecule has 0 atom stereocenters. The normalized spacial score (nSPS) is 11.7. The van der Waals surface area contributed by atoms with Crippen molar-refractivity contribution in [2.75, 3.05) is 18.8 Å². The molecule has 6 heteroatoms. The first-order valence-corrected chi connectivity index (χ1v) is 6.53. The Morgan fingerprint density at radius 2 is 2.18 bits per heavy atom. The number of anilines is 1. The molecule has 17 heavy (non-hydrogen) atoms. The molecule has 1 aromatic carbocycles. The molecular weight excluding hydrogens is 243 g/mol. The van der Waals surface area contributed by atoms with Crippen LogP contribution in [0.3, 0.4) is 0 Å². The number of hydrogen-bond acceptors (Lipinski definition) is 3. The molecule has 0 heterocycles. The monoisotopic (exact) mass is 258 g/mol. The predicted molar refractivity (Wildman–Crippen MR) is 65.4 cm³/mol. The van der Waals surface area contributed by atoms with Gasteiger partial charge < -0.3 is 5.73 Å². The van der Waals surface area contributed by atoms with Crippen LogP contribution in [0.25, 0.3) is 0 Å². The standard InChI is InChI=1S/C11H15FN2O2S/c1-3-7-14(4-2)17(15,16)11-6-5-9(12)8-10(11)13/h3,5-6,8H,1,4,7,13H2,2H3. The van der Waals surface area contributed by atoms with Crippen LogP contribution in [-0.2, 0) is 10.0 Å². The van der Waals surface area contributed by atoms with Gasteiger partial charge in [-0.1, -0.05) is 13.0 Å². The first kappa shape index (κ1) is 13.7. The fraction of sp³-hybridized carbons (Fsp3) is 0.273. The van der Waals surface area contributed by atoms with E-state index < -0.39 is 15.8 Å². The van der Waals surface area contributed by atoms with Crippen molar-refractivity contribution in [1.82, 2.24) is 4.31 Å². The van der Waals surface area contributed by atoms with Crippen molar-refractivity contribution < 1.29 is 12.8 Å². The maximum absolute atomic E-state index is 12.9. The van der Waals surface area contributed by atoms with Crippen molar-refractivity contribution in [2.45, 2.75) is 11.8 Å². The van der Waals surface area contributed by atoms with Crippen molar-refractivity contribution in [3.8, 4) is 0 Å². The van der Waals surface area contributed by atoms with Crippen LogP contribution >= 0.6 is 0 Å². The lowest BCUT2D eigenvalue weighted by Crippen LogP contribution is -2.31. The van der Waals surface area contributed by atoms with Crippen molar-refractivity contribution in [3.63, 3.8) is 0 Å². The molecule has 94 valence electrons. The number of halogens is 1. The minimum Gasteiger partial charge on any atom is -0.398 e. The molecule has 1 rings (SSSR count). The molecule has 4 nitrogen and oxygen atoms in total. The smallest absolute Gasteiger partial charge is 0.245 e. The van der Waals surface area contributed by atoms with Gasteiger partial charge in [-0.2, -0.15) is 4.31 Å². The summed E-state index contributed by atoms with van der Waals surface area (Å²) in [6.45, 7) is 5.69. The highest BCUT2D eigenvalue weighted by atomic mass is 32.2. The Morgan fingerprint density at radius 1 is 1.53 bits per heavy atom. The quantitative estimate of drug-likeness (QED) is 0.644. The highest BCUT2D eigenvalue weighted by Gasteiger charge is 2.24. The van der Waals surface area contributed by atoms with Crippen LogP contribution in [0.2, 0.25) is 0 Å². The molecule has 0 amide bonds. The molecular formula is C11H15FN2O2S. The second kappa shape index (κ2) is 5.29. The summed E-state index contributed by atoms with van der Waals surface area (Å²) in [7, 11) is -3.69. The third-order valence-electron chi connectivity index (χ3n) is 2.28. The van der Waals surface area contributed by atoms with Crippen molar-refractivity contribution >= 4 is 15.7 Å². The fourth-order valence-corrected chi connectivity index (χ4v) is 2.95. The number of rotatable bonds is 5. The Labute approximate surface area is 101 Å². The van der Waals surface area contributed by atoms with E-state index in [0.717, 1.165) is 12.1 Å². The highest BCUT2D eigenvalue weighted by molar-refractivity contribution is 7.89. The molecule has 0 spiro atoms. The van der Waals surface area contributed by atoms with E-state index in [4.69, 9.17) is 5.73 Å². The summed E-state index contributed by atoms with van der Waals surface area (Å²) in [6.07, 6.45) is 1.49. The van der Waals surface area contributed by atoms with Gasteiger partial charge in [0.25, 0.3) is 0 Å². The van der Waals surface area contributed by atoms with Gasteiger partial charge in [0, 0.05) is 13.1 Å². The van der Waals surface area contributed by atoms with E-state index in [1.54, 1.807) is 6.92 Å². The summed E-state index contributed by atoms with van der Waals surface area (Å²) in [5, 5.41) is 0. The van der Waals surface area contributed by atoms with Gasteiger partial charge in [-0.05, 0) is 18.2 Å². The molecule has 0 saturated heterocycles. The second-order valence-electron chi connectivity index (χ2n) is 3.43. The number of nitrogens with two attached hydrogens (primary N) is 1. The number of nitrogen functional groups attached to an aromatic ring is 1. The molecule has 0 aromatic heterocycles. The summed E-state index contributed by atoms with van der Waals surface area (Å²) in [6, 6.07) is 3.24. The predicted octanol–water partition coefficient (Wildman–Crippen LogP) is 1.60. The van der Waals surface area contributed by atoms with E-state index in [2.05, 4.69) is 6.58 Å². The highest BCUT2D eigenvalue weighted by Crippen LogP contribution is 2.22. The van der Waals surface area contributed by atoms with Crippen LogP contribution in [-0.4, -0.2) is 25.8 Å². The van der Waals surface area contributed by atoms with E-state index in [-0.39, 0.29) is 17.1 Å². The zero-order valence-corrected chi connectivity index (χ0v) is 10.4. The molecule has 0 bridgehead atoms. The second-order valence-corrected chi connectivity index (χ2v) is 5.33. The Kier molecular flexibility index (Phi) is 4.25. The van der Waals surface area contributed by atoms with Gasteiger partial charge in [-0.25, -0.2) is 12.8 Å². The molecule has 0 aliphatic carbocycles. The first-order valence-electron chi connectivity index (χ1n) is 5.09. The summed E-state index contributed by atoms with van der Waals surface area (Å²) >= 11 is 0. The number of benzene rings is 1. The van der Waals surface area contributed by atoms with Gasteiger partial charge in [0.15, 0.2) is 0 Å². The maximum atomic E-state index is 12.9. The third-order valence-corrected chi connectivity index (χ3v) is 4.29. The molecule has 0 radical (unpaired) electrons. The van der Waals surface area contributed by atoms with Crippen molar-refractivity contribution in [2.24, 2.45) is 0 Å². The Balaban J connectivity index is 3.24. The minimum absolute atomic E-state index is 0.0809. The Hall–Kier alpha value is -1.40. The Morgan fingerprint density at radius 3 is 2.65 bits per heavy atom. The average Bonchev–Trinajstić information content (AvgIpc) is 2.24. The lowest BCUT2D eigenvalue weighted by atomic mass is 10.3. The summed E-state index contributed by atoms with van der Waals surface area (Å²) in [5.74, 6) is -0.562. The average molecular weight is 258 g/mol. The van der Waals surface area contributed by atoms with Crippen LogP contribution in [0.15, 0.2) is 35.7 Å². The van der Waals surface area contributed by atoms with Gasteiger partial charge in [0.05, 0.1) is 5.69 Å². The van der Waals surface area contributed by atoms with Crippen LogP contribution in [0.1, 0.15) is 6.92 Å². The van der Waals surface area contributed by atoms with Crippen molar-refractivity contribution in [1.29, 1.82) is 0 Å². The minimum atomic E-state index is -3.69. The number of hydrogen-bond donors (Lipinski definition) is 1. The topological polar surface area (TPSA) is 63.4 Å². The van der Waals surface area contributed by atoms with E-state index in [9.17, 15) is 12.8 Å². The van der Waals surface area contributed by atoms with Crippen LogP contribution in [0.4, 0.5) is 10.1 Å². The molecule has 0 aliphatic rings. The van der Waals surface area contributed by atoms with Gasteiger partial charge in [-0.3, -0.25) is 0 Å². The lowest BCUT2D eigenvalue weighted by molar-refractivity contribution is 0.460. The summed E-state index contributed by atoms with van der Waals surface area (Å²) < 4.78 is 38.4. The van der Waals surface area contributed by atoms with Gasteiger partial charge in [0.2, 0.25) is 10.0 Å². The fourth-order valence-electron chi connectivity index (χ4n) is 1.43. The van der Waals surface area contributed by atoms with E-state index in [1.807, 2.05) is 0 Å². The number of nitrogens with zero attached hydrogens (tertiary/aromatic N) is 1. The molecule has 0 fully saturated rings. The van der Waals surface area contributed by atoms with Crippen molar-refractivity contribution in [3.05, 3.63) is 36.7 Å². The van der Waals surface area contributed by atoms with E-state index in [1.165, 1.54) is 16.4 Å². The maximum Gasteiger partial charge on any atom is 0.245 e. The molecule has 0 aliphatic heterocycles. The third kappa shape index (κ3) is 2.83. The zero-order chi connectivity index (χ0) is 13.1.